The maximum atomic E-state index is 15.2. The van der Waals surface area contributed by atoms with Crippen molar-refractivity contribution in [3.05, 3.63) is 70.0 Å². The van der Waals surface area contributed by atoms with E-state index in [4.69, 9.17) is 4.74 Å². The van der Waals surface area contributed by atoms with Gasteiger partial charge in [-0.2, -0.15) is 0 Å². The first-order chi connectivity index (χ1) is 21.2. The van der Waals surface area contributed by atoms with E-state index < -0.39 is 62.4 Å². The van der Waals surface area contributed by atoms with E-state index in [1.807, 2.05) is 4.90 Å². The summed E-state index contributed by atoms with van der Waals surface area (Å²) < 4.78 is 55.4. The number of esters is 1. The van der Waals surface area contributed by atoms with Gasteiger partial charge >= 0.3 is 32.4 Å². The fraction of sp³-hybridized carbons (Fsp3) is 0.385. The summed E-state index contributed by atoms with van der Waals surface area (Å²) in [7, 11) is -11.8. The van der Waals surface area contributed by atoms with Crippen molar-refractivity contribution in [2.75, 3.05) is 37.9 Å². The summed E-state index contributed by atoms with van der Waals surface area (Å²) in [6, 6.07) is 5.13. The van der Waals surface area contributed by atoms with Gasteiger partial charge < -0.3 is 48.6 Å². The van der Waals surface area contributed by atoms with Gasteiger partial charge in [0.2, 0.25) is 12.2 Å². The fourth-order valence-corrected chi connectivity index (χ4v) is 7.50. The third-order valence-corrected chi connectivity index (χ3v) is 11.3. The molecule has 0 radical (unpaired) electrons. The number of aromatic nitrogens is 2. The van der Waals surface area contributed by atoms with Crippen LogP contribution in [-0.2, 0) is 29.8 Å². The second-order valence-electron chi connectivity index (χ2n) is 10.5. The third-order valence-electron chi connectivity index (χ3n) is 7.40. The van der Waals surface area contributed by atoms with Gasteiger partial charge in [-0.15, -0.1) is 0 Å². The first-order valence-electron chi connectivity index (χ1n) is 13.6. The van der Waals surface area contributed by atoms with Crippen LogP contribution in [0.25, 0.3) is 10.9 Å². The summed E-state index contributed by atoms with van der Waals surface area (Å²) in [5, 5.41) is -0.573. The summed E-state index contributed by atoms with van der Waals surface area (Å²) in [5.74, 6) is -1.92. The molecule has 1 aliphatic carbocycles. The molecule has 5 N–H and O–H groups in total. The van der Waals surface area contributed by atoms with E-state index in [1.54, 1.807) is 10.6 Å². The van der Waals surface area contributed by atoms with E-state index in [9.17, 15) is 43.1 Å². The minimum absolute atomic E-state index is 0.0551. The number of ether oxygens (including phenoxy) is 3. The van der Waals surface area contributed by atoms with Crippen molar-refractivity contribution >= 4 is 43.9 Å². The van der Waals surface area contributed by atoms with Crippen molar-refractivity contribution in [1.29, 1.82) is 0 Å². The predicted molar refractivity (Wildman–Crippen MR) is 154 cm³/mol. The van der Waals surface area contributed by atoms with Crippen LogP contribution < -0.4 is 15.6 Å². The first-order valence-corrected chi connectivity index (χ1v) is 16.8. The zero-order valence-corrected chi connectivity index (χ0v) is 25.2. The van der Waals surface area contributed by atoms with E-state index in [0.29, 0.717) is 37.4 Å². The smallest absolute Gasteiger partial charge is 0.424 e. The van der Waals surface area contributed by atoms with E-state index >= 15 is 4.39 Å². The lowest BCUT2D eigenvalue weighted by atomic mass is 10.1. The number of benzene rings is 1. The normalized spacial score (nSPS) is 16.0. The molecule has 1 saturated carbocycles. The predicted octanol–water partition coefficient (Wildman–Crippen LogP) is 1.80. The summed E-state index contributed by atoms with van der Waals surface area (Å²) in [4.78, 5) is 83.5. The molecule has 1 aliphatic heterocycles. The number of fused-ring (bicyclic) bond motifs is 1. The number of carbonyl (C=O) groups is 2. The van der Waals surface area contributed by atoms with Gasteiger partial charge in [0.05, 0.1) is 11.2 Å². The van der Waals surface area contributed by atoms with Gasteiger partial charge in [0.15, 0.2) is 0 Å². The molecule has 1 aromatic carbocycles. The average molecular weight is 670 g/mol. The van der Waals surface area contributed by atoms with Crippen LogP contribution in [0.2, 0.25) is 0 Å². The second kappa shape index (κ2) is 12.6. The molecular weight excluding hydrogens is 641 g/mol. The van der Waals surface area contributed by atoms with Gasteiger partial charge in [-0.3, -0.25) is 18.9 Å². The third kappa shape index (κ3) is 6.79. The number of pyridine rings is 2. The Morgan fingerprint density at radius 1 is 1.09 bits per heavy atom. The highest BCUT2D eigenvalue weighted by Crippen LogP contribution is 2.70. The molecule has 45 heavy (non-hydrogen) atoms. The van der Waals surface area contributed by atoms with E-state index in [1.165, 1.54) is 24.5 Å². The molecule has 0 spiro atoms. The lowest BCUT2D eigenvalue weighted by Crippen LogP contribution is -2.43. The number of rotatable bonds is 10. The molecule has 0 atom stereocenters. The van der Waals surface area contributed by atoms with Crippen LogP contribution in [0.15, 0.2) is 47.7 Å². The molecule has 1 saturated heterocycles. The Kier molecular flexibility index (Phi) is 9.16. The Labute approximate surface area is 254 Å². The van der Waals surface area contributed by atoms with E-state index in [-0.39, 0.29) is 17.0 Å². The van der Waals surface area contributed by atoms with Crippen LogP contribution in [0, 0.1) is 5.82 Å². The number of hydrogen-bond donors (Lipinski definition) is 5. The number of piperazine rings is 1. The second-order valence-corrected chi connectivity index (χ2v) is 14.5. The van der Waals surface area contributed by atoms with Crippen LogP contribution in [0.4, 0.5) is 14.9 Å². The quantitative estimate of drug-likeness (QED) is 0.118. The SMILES string of the molecule is O=C(OCOC(=O)c1cn(C2CC2)c2cc(N3CCNCC3)c(F)cc2c1=O)OC(Cc1cccnc1)(P(=O)(O)O)P(=O)(O)O. The van der Waals surface area contributed by atoms with Crippen molar-refractivity contribution in [2.45, 2.75) is 30.4 Å². The van der Waals surface area contributed by atoms with Crippen LogP contribution in [0.5, 0.6) is 0 Å². The minimum Gasteiger partial charge on any atom is -0.424 e. The van der Waals surface area contributed by atoms with Crippen molar-refractivity contribution < 1.29 is 56.9 Å². The standard InChI is InChI=1S/C26H29FN4O12P2/c27-20-10-18-21(11-22(20)30-8-6-28-7-9-30)31(17-3-4-17)14-19(23(18)32)24(33)41-15-42-25(34)43-26(44(35,36)37,45(38,39)40)12-16-2-1-5-29-13-16/h1-2,5,10-11,13-14,17,28H,3-4,6-9,12,15H2,(H2,35,36,37)(H2,38,39,40). The molecule has 5 rings (SSSR count). The van der Waals surface area contributed by atoms with E-state index in [2.05, 4.69) is 19.8 Å². The molecule has 242 valence electrons. The van der Waals surface area contributed by atoms with Crippen molar-refractivity contribution in [1.82, 2.24) is 14.9 Å². The number of halogens is 1. The maximum absolute atomic E-state index is 15.2. The highest BCUT2D eigenvalue weighted by Gasteiger charge is 2.64. The van der Waals surface area contributed by atoms with Crippen molar-refractivity contribution in [2.24, 2.45) is 0 Å². The summed E-state index contributed by atoms with van der Waals surface area (Å²) in [5.41, 5.74) is -0.696. The average Bonchev–Trinajstić information content (AvgIpc) is 3.82. The maximum Gasteiger partial charge on any atom is 0.513 e. The number of anilines is 1. The lowest BCUT2D eigenvalue weighted by Gasteiger charge is -2.33. The summed E-state index contributed by atoms with van der Waals surface area (Å²) in [6.45, 7) is 1.20. The molecule has 3 heterocycles. The zero-order valence-electron chi connectivity index (χ0n) is 23.4. The number of nitrogens with one attached hydrogen (secondary N) is 1. The van der Waals surface area contributed by atoms with Gasteiger partial charge in [-0.25, -0.2) is 14.0 Å². The van der Waals surface area contributed by atoms with Gasteiger partial charge in [0.25, 0.3) is 0 Å². The lowest BCUT2D eigenvalue weighted by molar-refractivity contribution is -0.0412. The number of nitrogens with zero attached hydrogens (tertiary/aromatic N) is 3. The Morgan fingerprint density at radius 3 is 2.38 bits per heavy atom. The minimum atomic E-state index is -5.91. The van der Waals surface area contributed by atoms with Crippen LogP contribution in [-0.4, -0.2) is 79.3 Å². The number of hydrogen-bond acceptors (Lipinski definition) is 11. The largest absolute Gasteiger partial charge is 0.513 e. The molecule has 16 nitrogen and oxygen atoms in total. The molecular formula is C26H29FN4O12P2. The molecule has 0 amide bonds. The summed E-state index contributed by atoms with van der Waals surface area (Å²) in [6.07, 6.45) is 1.97. The van der Waals surface area contributed by atoms with Crippen LogP contribution in [0.1, 0.15) is 34.8 Å². The Bertz CT molecular complexity index is 1740. The molecule has 3 aromatic rings. The Morgan fingerprint density at radius 2 is 1.78 bits per heavy atom. The Balaban J connectivity index is 1.34. The fourth-order valence-electron chi connectivity index (χ4n) is 4.98. The molecule has 0 unspecified atom stereocenters. The van der Waals surface area contributed by atoms with Gasteiger partial charge in [0.1, 0.15) is 11.4 Å². The van der Waals surface area contributed by atoms with E-state index in [0.717, 1.165) is 25.1 Å². The molecule has 0 bridgehead atoms. The molecule has 2 fully saturated rings. The van der Waals surface area contributed by atoms with Crippen molar-refractivity contribution in [3.8, 4) is 0 Å². The molecule has 2 aromatic heterocycles. The number of carbonyl (C=O) groups excluding carboxylic acids is 2. The molecule has 2 aliphatic rings. The highest BCUT2D eigenvalue weighted by molar-refractivity contribution is 7.72. The van der Waals surface area contributed by atoms with Crippen LogP contribution >= 0.6 is 15.2 Å². The van der Waals surface area contributed by atoms with Crippen LogP contribution in [0.3, 0.4) is 0 Å². The first kappa shape index (κ1) is 32.7. The zero-order chi connectivity index (χ0) is 32.6. The van der Waals surface area contributed by atoms with Gasteiger partial charge in [-0.05, 0) is 36.6 Å². The van der Waals surface area contributed by atoms with Crippen molar-refractivity contribution in [3.63, 3.8) is 0 Å². The summed E-state index contributed by atoms with van der Waals surface area (Å²) >= 11 is 0. The monoisotopic (exact) mass is 670 g/mol. The van der Waals surface area contributed by atoms with Gasteiger partial charge in [0, 0.05) is 62.6 Å². The van der Waals surface area contributed by atoms with Gasteiger partial charge in [-0.1, -0.05) is 6.07 Å². The topological polar surface area (TPSA) is 227 Å². The Hall–Kier alpha value is -3.69. The molecule has 19 heteroatoms. The highest BCUT2D eigenvalue weighted by atomic mass is 31.2.